The zero-order chi connectivity index (χ0) is 16.1. The Labute approximate surface area is 135 Å². The van der Waals surface area contributed by atoms with Crippen molar-refractivity contribution >= 4 is 52.0 Å². The van der Waals surface area contributed by atoms with Gasteiger partial charge in [-0.15, -0.1) is 0 Å². The highest BCUT2D eigenvalue weighted by atomic mass is 35.5. The first-order valence-corrected chi connectivity index (χ1v) is 7.65. The lowest BCUT2D eigenvalue weighted by atomic mass is 10.3. The summed E-state index contributed by atoms with van der Waals surface area (Å²) in [6.45, 7) is 0.0650. The van der Waals surface area contributed by atoms with Crippen LogP contribution in [0.5, 0.6) is 0 Å². The van der Waals surface area contributed by atoms with Gasteiger partial charge in [0.15, 0.2) is 0 Å². The molecule has 7 nitrogen and oxygen atoms in total. The van der Waals surface area contributed by atoms with Crippen LogP contribution in [0.25, 0.3) is 0 Å². The van der Waals surface area contributed by atoms with E-state index < -0.39 is 11.8 Å². The second-order valence-electron chi connectivity index (χ2n) is 4.32. The van der Waals surface area contributed by atoms with Gasteiger partial charge in [-0.05, 0) is 24.3 Å². The average Bonchev–Trinajstić information content (AvgIpc) is 2.81. The Morgan fingerprint density at radius 2 is 1.86 bits per heavy atom. The van der Waals surface area contributed by atoms with E-state index in [2.05, 4.69) is 10.6 Å². The van der Waals surface area contributed by atoms with Crippen molar-refractivity contribution < 1.29 is 19.2 Å². The molecule has 1 fully saturated rings. The van der Waals surface area contributed by atoms with Crippen LogP contribution in [0.2, 0.25) is 5.02 Å². The number of imide groups is 1. The molecule has 0 saturated carbocycles. The van der Waals surface area contributed by atoms with Crippen molar-refractivity contribution in [2.24, 2.45) is 0 Å². The molecule has 1 aromatic carbocycles. The Bertz CT molecular complexity index is 604. The molecule has 1 aromatic rings. The molecule has 0 bridgehead atoms. The molecule has 2 N–H and O–H groups in total. The zero-order valence-corrected chi connectivity index (χ0v) is 12.9. The monoisotopic (exact) mass is 341 g/mol. The Morgan fingerprint density at radius 1 is 1.18 bits per heavy atom. The van der Waals surface area contributed by atoms with E-state index in [9.17, 15) is 19.2 Å². The highest BCUT2D eigenvalue weighted by Gasteiger charge is 2.29. The first-order chi connectivity index (χ1) is 10.5. The zero-order valence-electron chi connectivity index (χ0n) is 11.3. The number of carbonyl (C=O) groups is 4. The summed E-state index contributed by atoms with van der Waals surface area (Å²) in [6.07, 6.45) is 0. The molecule has 1 saturated heterocycles. The van der Waals surface area contributed by atoms with E-state index >= 15 is 0 Å². The summed E-state index contributed by atoms with van der Waals surface area (Å²) in [6, 6.07) is 6.28. The predicted molar refractivity (Wildman–Crippen MR) is 82.7 cm³/mol. The Hall–Kier alpha value is -2.06. The molecule has 1 aliphatic heterocycles. The lowest BCUT2D eigenvalue weighted by Gasteiger charge is -2.13. The number of hydrogen-bond acceptors (Lipinski definition) is 5. The van der Waals surface area contributed by atoms with Crippen LogP contribution in [0.4, 0.5) is 10.5 Å². The van der Waals surface area contributed by atoms with Crippen LogP contribution >= 0.6 is 23.4 Å². The lowest BCUT2D eigenvalue weighted by molar-refractivity contribution is -0.136. The molecular weight excluding hydrogens is 330 g/mol. The SMILES string of the molecule is O=C(NCCN1C(=O)CSC1=O)C(=O)Nc1ccc(Cl)cc1. The maximum absolute atomic E-state index is 11.6. The van der Waals surface area contributed by atoms with Crippen LogP contribution in [0.15, 0.2) is 24.3 Å². The summed E-state index contributed by atoms with van der Waals surface area (Å²) in [5, 5.41) is 4.92. The van der Waals surface area contributed by atoms with Crippen molar-refractivity contribution in [3.8, 4) is 0 Å². The number of thioether (sulfide) groups is 1. The van der Waals surface area contributed by atoms with Gasteiger partial charge in [-0.1, -0.05) is 23.4 Å². The first kappa shape index (κ1) is 16.3. The van der Waals surface area contributed by atoms with Gasteiger partial charge in [-0.25, -0.2) is 0 Å². The minimum atomic E-state index is -0.846. The van der Waals surface area contributed by atoms with Crippen molar-refractivity contribution in [3.05, 3.63) is 29.3 Å². The van der Waals surface area contributed by atoms with Gasteiger partial charge in [0.2, 0.25) is 5.91 Å². The van der Waals surface area contributed by atoms with Crippen LogP contribution in [-0.2, 0) is 14.4 Å². The summed E-state index contributed by atoms with van der Waals surface area (Å²) in [5.41, 5.74) is 0.436. The normalized spacial score (nSPS) is 14.1. The van der Waals surface area contributed by atoms with Gasteiger partial charge in [-0.3, -0.25) is 24.1 Å². The van der Waals surface area contributed by atoms with Gasteiger partial charge >= 0.3 is 11.8 Å². The molecule has 22 heavy (non-hydrogen) atoms. The summed E-state index contributed by atoms with van der Waals surface area (Å²) in [5.74, 6) is -1.86. The van der Waals surface area contributed by atoms with Crippen LogP contribution < -0.4 is 10.6 Å². The average molecular weight is 342 g/mol. The standard InChI is InChI=1S/C13H12ClN3O4S/c14-8-1-3-9(4-2-8)16-12(20)11(19)15-5-6-17-10(18)7-22-13(17)21/h1-4H,5-7H2,(H,15,19)(H,16,20). The van der Waals surface area contributed by atoms with Gasteiger partial charge in [0.05, 0.1) is 5.75 Å². The molecule has 1 heterocycles. The molecule has 0 radical (unpaired) electrons. The number of nitrogens with one attached hydrogen (secondary N) is 2. The smallest absolute Gasteiger partial charge is 0.313 e. The van der Waals surface area contributed by atoms with E-state index in [0.717, 1.165) is 16.7 Å². The van der Waals surface area contributed by atoms with E-state index in [1.54, 1.807) is 24.3 Å². The summed E-state index contributed by atoms with van der Waals surface area (Å²) >= 11 is 6.63. The predicted octanol–water partition coefficient (Wildman–Crippen LogP) is 1.09. The van der Waals surface area contributed by atoms with Crippen LogP contribution in [0.3, 0.4) is 0 Å². The minimum absolute atomic E-state index is 0.0188. The van der Waals surface area contributed by atoms with Crippen LogP contribution in [-0.4, -0.2) is 46.7 Å². The fourth-order valence-corrected chi connectivity index (χ4v) is 2.56. The molecule has 116 valence electrons. The molecular formula is C13H12ClN3O4S. The number of nitrogens with zero attached hydrogens (tertiary/aromatic N) is 1. The van der Waals surface area contributed by atoms with E-state index in [0.29, 0.717) is 10.7 Å². The van der Waals surface area contributed by atoms with E-state index in [1.807, 2.05) is 0 Å². The van der Waals surface area contributed by atoms with Gasteiger partial charge in [-0.2, -0.15) is 0 Å². The second kappa shape index (κ2) is 7.28. The highest BCUT2D eigenvalue weighted by Crippen LogP contribution is 2.17. The van der Waals surface area contributed by atoms with Gasteiger partial charge < -0.3 is 10.6 Å². The number of amides is 4. The molecule has 4 amide bonds. The Kier molecular flexibility index (Phi) is 5.40. The third kappa shape index (κ3) is 4.22. The van der Waals surface area contributed by atoms with Gasteiger partial charge in [0, 0.05) is 23.8 Å². The van der Waals surface area contributed by atoms with Gasteiger partial charge in [0.25, 0.3) is 5.24 Å². The third-order valence-corrected chi connectivity index (χ3v) is 3.88. The minimum Gasteiger partial charge on any atom is -0.346 e. The van der Waals surface area contributed by atoms with E-state index in [-0.39, 0.29) is 30.0 Å². The topological polar surface area (TPSA) is 95.6 Å². The van der Waals surface area contributed by atoms with Gasteiger partial charge in [0.1, 0.15) is 0 Å². The molecule has 0 aromatic heterocycles. The lowest BCUT2D eigenvalue weighted by Crippen LogP contribution is -2.41. The van der Waals surface area contributed by atoms with E-state index in [1.165, 1.54) is 0 Å². The second-order valence-corrected chi connectivity index (χ2v) is 5.68. The summed E-state index contributed by atoms with van der Waals surface area (Å²) < 4.78 is 0. The maximum Gasteiger partial charge on any atom is 0.313 e. The van der Waals surface area contributed by atoms with E-state index in [4.69, 9.17) is 11.6 Å². The molecule has 2 rings (SSSR count). The third-order valence-electron chi connectivity index (χ3n) is 2.77. The largest absolute Gasteiger partial charge is 0.346 e. The summed E-state index contributed by atoms with van der Waals surface area (Å²) in [4.78, 5) is 47.0. The first-order valence-electron chi connectivity index (χ1n) is 6.29. The summed E-state index contributed by atoms with van der Waals surface area (Å²) in [7, 11) is 0. The Balaban J connectivity index is 1.77. The van der Waals surface area contributed by atoms with Crippen LogP contribution in [0.1, 0.15) is 0 Å². The van der Waals surface area contributed by atoms with Crippen molar-refractivity contribution in [3.63, 3.8) is 0 Å². The maximum atomic E-state index is 11.6. The molecule has 9 heteroatoms. The number of rotatable bonds is 4. The number of carbonyl (C=O) groups excluding carboxylic acids is 4. The van der Waals surface area contributed by atoms with Crippen LogP contribution in [0, 0.1) is 0 Å². The Morgan fingerprint density at radius 3 is 2.45 bits per heavy atom. The number of halogens is 1. The van der Waals surface area contributed by atoms with Crippen molar-refractivity contribution in [2.45, 2.75) is 0 Å². The van der Waals surface area contributed by atoms with Crippen molar-refractivity contribution in [1.29, 1.82) is 0 Å². The molecule has 0 unspecified atom stereocenters. The highest BCUT2D eigenvalue weighted by molar-refractivity contribution is 8.14. The fourth-order valence-electron chi connectivity index (χ4n) is 1.68. The quantitative estimate of drug-likeness (QED) is 0.799. The fraction of sp³-hybridized carbons (Fsp3) is 0.231. The molecule has 0 atom stereocenters. The number of hydrogen-bond donors (Lipinski definition) is 2. The molecule has 0 aliphatic carbocycles. The molecule has 1 aliphatic rings. The van der Waals surface area contributed by atoms with Crippen molar-refractivity contribution in [2.75, 3.05) is 24.2 Å². The number of anilines is 1. The molecule has 0 spiro atoms. The number of benzene rings is 1. The van der Waals surface area contributed by atoms with Crippen molar-refractivity contribution in [1.82, 2.24) is 10.2 Å².